The molecule has 0 bridgehead atoms. The van der Waals surface area contributed by atoms with Gasteiger partial charge in [0.2, 0.25) is 5.91 Å². The Balaban J connectivity index is 1.43. The Morgan fingerprint density at radius 3 is 1.82 bits per heavy atom. The van der Waals surface area contributed by atoms with Crippen molar-refractivity contribution in [2.45, 2.75) is 44.0 Å². The van der Waals surface area contributed by atoms with Crippen LogP contribution in [0, 0.1) is 5.92 Å². The molecule has 5 atom stereocenters. The van der Waals surface area contributed by atoms with Crippen LogP contribution in [0.3, 0.4) is 0 Å². The summed E-state index contributed by atoms with van der Waals surface area (Å²) in [6, 6.07) is 33.0. The highest BCUT2D eigenvalue weighted by molar-refractivity contribution is 5.89. The molecule has 49 heavy (non-hydrogen) atoms. The van der Waals surface area contributed by atoms with Gasteiger partial charge in [-0.2, -0.15) is 0 Å². The highest BCUT2D eigenvalue weighted by atomic mass is 16.7. The lowest BCUT2D eigenvalue weighted by atomic mass is 9.80. The van der Waals surface area contributed by atoms with Crippen LogP contribution in [0.5, 0.6) is 11.5 Å². The first-order valence-electron chi connectivity index (χ1n) is 16.2. The van der Waals surface area contributed by atoms with Crippen molar-refractivity contribution in [3.05, 3.63) is 131 Å². The Hall–Kier alpha value is -4.74. The number of amides is 1. The zero-order valence-corrected chi connectivity index (χ0v) is 28.1. The van der Waals surface area contributed by atoms with Gasteiger partial charge in [-0.15, -0.1) is 0 Å². The summed E-state index contributed by atoms with van der Waals surface area (Å²) in [4.78, 5) is 25.5. The Labute approximate surface area is 286 Å². The van der Waals surface area contributed by atoms with Gasteiger partial charge in [0, 0.05) is 12.8 Å². The number of hydrogen-bond donors (Lipinski definition) is 2. The van der Waals surface area contributed by atoms with Crippen molar-refractivity contribution in [2.24, 2.45) is 5.92 Å². The van der Waals surface area contributed by atoms with Crippen LogP contribution in [0.1, 0.15) is 40.9 Å². The summed E-state index contributed by atoms with van der Waals surface area (Å²) >= 11 is 0. The number of ether oxygens (including phenoxy) is 6. The first kappa shape index (κ1) is 35.6. The summed E-state index contributed by atoms with van der Waals surface area (Å²) < 4.78 is 36.1. The highest BCUT2D eigenvalue weighted by Crippen LogP contribution is 2.41. The van der Waals surface area contributed by atoms with E-state index in [-0.39, 0.29) is 25.7 Å². The number of benzene rings is 4. The summed E-state index contributed by atoms with van der Waals surface area (Å²) in [7, 11) is 3.24. The smallest absolute Gasteiger partial charge is 0.338 e. The SMILES string of the molecule is COc1ccc(C(OCCOC2OC(CO)C(C)C(OC(=O)c3ccccc3)C2NC(C)=O)(c2ccccc2)c2ccc(OC)cc2)cc1. The largest absolute Gasteiger partial charge is 0.497 e. The van der Waals surface area contributed by atoms with Crippen LogP contribution in [0.15, 0.2) is 109 Å². The molecule has 1 heterocycles. The van der Waals surface area contributed by atoms with Crippen molar-refractivity contribution in [3.63, 3.8) is 0 Å². The second-order valence-corrected chi connectivity index (χ2v) is 11.8. The Morgan fingerprint density at radius 1 is 0.776 bits per heavy atom. The molecule has 1 fully saturated rings. The molecule has 1 saturated heterocycles. The molecule has 258 valence electrons. The van der Waals surface area contributed by atoms with E-state index < -0.39 is 42.0 Å². The van der Waals surface area contributed by atoms with Crippen molar-refractivity contribution in [1.82, 2.24) is 5.32 Å². The van der Waals surface area contributed by atoms with Crippen molar-refractivity contribution in [1.29, 1.82) is 0 Å². The normalized spacial score (nSPS) is 20.6. The van der Waals surface area contributed by atoms with Gasteiger partial charge in [0.25, 0.3) is 0 Å². The molecule has 2 N–H and O–H groups in total. The zero-order valence-electron chi connectivity index (χ0n) is 28.1. The molecule has 1 aliphatic heterocycles. The minimum Gasteiger partial charge on any atom is -0.497 e. The van der Waals surface area contributed by atoms with Crippen molar-refractivity contribution in [2.75, 3.05) is 34.0 Å². The van der Waals surface area contributed by atoms with Crippen LogP contribution in [0.25, 0.3) is 0 Å². The fraction of sp³-hybridized carbons (Fsp3) is 0.333. The lowest BCUT2D eigenvalue weighted by Gasteiger charge is -2.44. The second-order valence-electron chi connectivity index (χ2n) is 11.8. The number of nitrogens with one attached hydrogen (secondary N) is 1. The summed E-state index contributed by atoms with van der Waals surface area (Å²) in [5, 5.41) is 13.1. The molecule has 0 aromatic heterocycles. The average Bonchev–Trinajstić information content (AvgIpc) is 3.14. The van der Waals surface area contributed by atoms with Crippen LogP contribution >= 0.6 is 0 Å². The van der Waals surface area contributed by atoms with Gasteiger partial charge in [-0.05, 0) is 53.1 Å². The average molecular weight is 670 g/mol. The molecule has 10 nitrogen and oxygen atoms in total. The van der Waals surface area contributed by atoms with E-state index in [4.69, 9.17) is 28.4 Å². The minimum atomic E-state index is -1.07. The van der Waals surface area contributed by atoms with Gasteiger partial charge < -0.3 is 38.8 Å². The van der Waals surface area contributed by atoms with E-state index in [1.165, 1.54) is 6.92 Å². The Morgan fingerprint density at radius 2 is 1.31 bits per heavy atom. The number of carbonyl (C=O) groups excluding carboxylic acids is 2. The van der Waals surface area contributed by atoms with E-state index in [1.54, 1.807) is 51.5 Å². The van der Waals surface area contributed by atoms with E-state index in [2.05, 4.69) is 5.32 Å². The first-order chi connectivity index (χ1) is 23.8. The molecule has 5 rings (SSSR count). The van der Waals surface area contributed by atoms with Crippen molar-refractivity contribution < 1.29 is 43.1 Å². The Kier molecular flexibility index (Phi) is 12.0. The van der Waals surface area contributed by atoms with Crippen LogP contribution in [0.4, 0.5) is 0 Å². The third kappa shape index (κ3) is 8.12. The predicted octanol–water partition coefficient (Wildman–Crippen LogP) is 5.11. The third-order valence-electron chi connectivity index (χ3n) is 8.72. The lowest BCUT2D eigenvalue weighted by molar-refractivity contribution is -0.258. The van der Waals surface area contributed by atoms with E-state index >= 15 is 0 Å². The maximum atomic E-state index is 13.1. The molecule has 4 aromatic carbocycles. The summed E-state index contributed by atoms with van der Waals surface area (Å²) in [5.41, 5.74) is 1.90. The highest BCUT2D eigenvalue weighted by Gasteiger charge is 2.47. The monoisotopic (exact) mass is 669 g/mol. The maximum absolute atomic E-state index is 13.1. The molecule has 0 radical (unpaired) electrons. The molecular weight excluding hydrogens is 626 g/mol. The number of carbonyl (C=O) groups is 2. The molecule has 1 amide bonds. The quantitative estimate of drug-likeness (QED) is 0.107. The predicted molar refractivity (Wildman–Crippen MR) is 182 cm³/mol. The molecule has 1 aliphatic rings. The fourth-order valence-corrected chi connectivity index (χ4v) is 6.19. The number of aliphatic hydroxyl groups excluding tert-OH is 1. The zero-order chi connectivity index (χ0) is 34.8. The maximum Gasteiger partial charge on any atom is 0.338 e. The van der Waals surface area contributed by atoms with Crippen molar-refractivity contribution in [3.8, 4) is 11.5 Å². The topological polar surface area (TPSA) is 122 Å². The van der Waals surface area contributed by atoms with Crippen LogP contribution in [-0.2, 0) is 29.3 Å². The molecule has 4 aromatic rings. The number of methoxy groups -OCH3 is 2. The molecular formula is C39H43NO9. The third-order valence-corrected chi connectivity index (χ3v) is 8.72. The number of aliphatic hydroxyl groups is 1. The lowest BCUT2D eigenvalue weighted by Crippen LogP contribution is -2.63. The van der Waals surface area contributed by atoms with Gasteiger partial charge in [-0.3, -0.25) is 4.79 Å². The van der Waals surface area contributed by atoms with Gasteiger partial charge in [-0.1, -0.05) is 79.7 Å². The number of hydrogen-bond acceptors (Lipinski definition) is 9. The number of esters is 1. The van der Waals surface area contributed by atoms with E-state index in [1.807, 2.05) is 78.9 Å². The summed E-state index contributed by atoms with van der Waals surface area (Å²) in [6.07, 6.45) is -2.62. The van der Waals surface area contributed by atoms with Crippen LogP contribution < -0.4 is 14.8 Å². The van der Waals surface area contributed by atoms with E-state index in [0.717, 1.165) is 16.7 Å². The van der Waals surface area contributed by atoms with Crippen LogP contribution in [-0.4, -0.2) is 75.6 Å². The summed E-state index contributed by atoms with van der Waals surface area (Å²) in [5.74, 6) is 0.0485. The van der Waals surface area contributed by atoms with Crippen LogP contribution in [0.2, 0.25) is 0 Å². The molecule has 0 aliphatic carbocycles. The first-order valence-corrected chi connectivity index (χ1v) is 16.2. The molecule has 5 unspecified atom stereocenters. The number of rotatable bonds is 14. The minimum absolute atomic E-state index is 0.0352. The van der Waals surface area contributed by atoms with Gasteiger partial charge in [0.15, 0.2) is 6.29 Å². The standard InChI is InChI=1S/C39H43NO9/c1-26-34(25-41)48-38(35(40-27(2)42)36(26)49-37(43)28-11-7-5-8-12-28)46-23-24-47-39(29-13-9-6-10-14-29,30-15-19-32(44-3)20-16-30)31-17-21-33(45-4)22-18-31/h5-22,26,34-36,38,41H,23-25H2,1-4H3,(H,40,42). The van der Waals surface area contributed by atoms with Gasteiger partial charge in [0.05, 0.1) is 45.7 Å². The second kappa shape index (κ2) is 16.6. The summed E-state index contributed by atoms with van der Waals surface area (Å²) in [6.45, 7) is 2.96. The molecule has 0 saturated carbocycles. The molecule has 0 spiro atoms. The molecule has 10 heteroatoms. The van der Waals surface area contributed by atoms with Gasteiger partial charge in [0.1, 0.15) is 29.2 Å². The van der Waals surface area contributed by atoms with Gasteiger partial charge in [-0.25, -0.2) is 4.79 Å². The Bertz CT molecular complexity index is 1580. The van der Waals surface area contributed by atoms with E-state index in [0.29, 0.717) is 17.1 Å². The van der Waals surface area contributed by atoms with Crippen molar-refractivity contribution >= 4 is 11.9 Å². The van der Waals surface area contributed by atoms with E-state index in [9.17, 15) is 14.7 Å². The fourth-order valence-electron chi connectivity index (χ4n) is 6.19. The van der Waals surface area contributed by atoms with Gasteiger partial charge >= 0.3 is 5.97 Å².